The average molecular weight is 462 g/mol. The standard InChI is InChI=1S/C15H13BrINO3/c1-2-20-15(19)13-12(8-3-4-8)18-14(21-13)10-7-9(17)5-6-11(10)16/h5-8H,2-4H2,1H3. The molecular formula is C15H13BrINO3. The Hall–Kier alpha value is -0.890. The van der Waals surface area contributed by atoms with Crippen molar-refractivity contribution in [1.29, 1.82) is 0 Å². The molecule has 0 unspecified atom stereocenters. The molecule has 1 aromatic carbocycles. The van der Waals surface area contributed by atoms with Crippen LogP contribution in [0.3, 0.4) is 0 Å². The van der Waals surface area contributed by atoms with Gasteiger partial charge in [0.05, 0.1) is 17.9 Å². The third kappa shape index (κ3) is 3.15. The molecule has 2 aromatic rings. The Morgan fingerprint density at radius 3 is 2.95 bits per heavy atom. The fourth-order valence-corrected chi connectivity index (χ4v) is 2.99. The summed E-state index contributed by atoms with van der Waals surface area (Å²) in [5.74, 6) is 0.605. The van der Waals surface area contributed by atoms with Gasteiger partial charge in [0, 0.05) is 14.0 Å². The van der Waals surface area contributed by atoms with E-state index in [9.17, 15) is 4.79 Å². The first-order valence-corrected chi connectivity index (χ1v) is 8.60. The summed E-state index contributed by atoms with van der Waals surface area (Å²) in [7, 11) is 0. The van der Waals surface area contributed by atoms with Gasteiger partial charge in [-0.15, -0.1) is 0 Å². The fourth-order valence-electron chi connectivity index (χ4n) is 2.08. The van der Waals surface area contributed by atoms with Gasteiger partial charge >= 0.3 is 5.97 Å². The molecule has 1 saturated carbocycles. The van der Waals surface area contributed by atoms with Crippen molar-refractivity contribution in [3.63, 3.8) is 0 Å². The number of hydrogen-bond acceptors (Lipinski definition) is 4. The van der Waals surface area contributed by atoms with E-state index in [0.29, 0.717) is 18.4 Å². The molecule has 1 aromatic heterocycles. The van der Waals surface area contributed by atoms with Crippen LogP contribution in [0.15, 0.2) is 27.1 Å². The van der Waals surface area contributed by atoms with Crippen LogP contribution >= 0.6 is 38.5 Å². The molecule has 3 rings (SSSR count). The van der Waals surface area contributed by atoms with Gasteiger partial charge in [0.15, 0.2) is 0 Å². The second-order valence-electron chi connectivity index (χ2n) is 4.85. The minimum atomic E-state index is -0.431. The summed E-state index contributed by atoms with van der Waals surface area (Å²) in [6.45, 7) is 2.11. The van der Waals surface area contributed by atoms with Crippen LogP contribution in [-0.4, -0.2) is 17.6 Å². The van der Waals surface area contributed by atoms with Gasteiger partial charge in [-0.25, -0.2) is 9.78 Å². The zero-order valence-corrected chi connectivity index (χ0v) is 15.1. The maximum atomic E-state index is 12.0. The third-order valence-corrected chi connectivity index (χ3v) is 4.60. The maximum Gasteiger partial charge on any atom is 0.376 e. The molecule has 4 nitrogen and oxygen atoms in total. The van der Waals surface area contributed by atoms with Crippen molar-refractivity contribution in [1.82, 2.24) is 4.98 Å². The molecule has 1 fully saturated rings. The van der Waals surface area contributed by atoms with Gasteiger partial charge in [-0.3, -0.25) is 0 Å². The van der Waals surface area contributed by atoms with Crippen LogP contribution in [0.2, 0.25) is 0 Å². The van der Waals surface area contributed by atoms with Crippen molar-refractivity contribution in [2.24, 2.45) is 0 Å². The Balaban J connectivity index is 2.05. The molecule has 0 bridgehead atoms. The minimum absolute atomic E-state index is 0.250. The number of esters is 1. The molecule has 1 aliphatic carbocycles. The van der Waals surface area contributed by atoms with E-state index >= 15 is 0 Å². The summed E-state index contributed by atoms with van der Waals surface area (Å²) >= 11 is 5.74. The maximum absolute atomic E-state index is 12.0. The Morgan fingerprint density at radius 2 is 2.29 bits per heavy atom. The highest BCUT2D eigenvalue weighted by Gasteiger charge is 2.34. The molecule has 6 heteroatoms. The van der Waals surface area contributed by atoms with Crippen molar-refractivity contribution >= 4 is 44.5 Å². The number of ether oxygens (including phenoxy) is 1. The number of aromatic nitrogens is 1. The second-order valence-corrected chi connectivity index (χ2v) is 6.95. The van der Waals surface area contributed by atoms with E-state index in [-0.39, 0.29) is 5.76 Å². The lowest BCUT2D eigenvalue weighted by Gasteiger charge is -2.00. The van der Waals surface area contributed by atoms with E-state index in [4.69, 9.17) is 9.15 Å². The summed E-state index contributed by atoms with van der Waals surface area (Å²) in [6.07, 6.45) is 2.09. The van der Waals surface area contributed by atoms with Gasteiger partial charge in [0.1, 0.15) is 0 Å². The molecule has 110 valence electrons. The molecular weight excluding hydrogens is 449 g/mol. The monoisotopic (exact) mass is 461 g/mol. The van der Waals surface area contributed by atoms with E-state index < -0.39 is 5.97 Å². The van der Waals surface area contributed by atoms with Gasteiger partial charge in [-0.1, -0.05) is 0 Å². The quantitative estimate of drug-likeness (QED) is 0.486. The van der Waals surface area contributed by atoms with Crippen LogP contribution in [0, 0.1) is 3.57 Å². The molecule has 21 heavy (non-hydrogen) atoms. The zero-order chi connectivity index (χ0) is 15.0. The third-order valence-electron chi connectivity index (χ3n) is 3.24. The van der Waals surface area contributed by atoms with Gasteiger partial charge in [0.25, 0.3) is 0 Å². The summed E-state index contributed by atoms with van der Waals surface area (Å²) in [5, 5.41) is 0. The van der Waals surface area contributed by atoms with E-state index in [1.54, 1.807) is 6.92 Å². The number of carbonyl (C=O) groups excluding carboxylic acids is 1. The Labute approximate surface area is 144 Å². The van der Waals surface area contributed by atoms with Gasteiger partial charge in [-0.2, -0.15) is 0 Å². The van der Waals surface area contributed by atoms with Crippen LogP contribution < -0.4 is 0 Å². The number of carbonyl (C=O) groups is 1. The van der Waals surface area contributed by atoms with E-state index in [0.717, 1.165) is 32.1 Å². The smallest absolute Gasteiger partial charge is 0.376 e. The van der Waals surface area contributed by atoms with Gasteiger partial charge in [0.2, 0.25) is 11.7 Å². The van der Waals surface area contributed by atoms with E-state index in [1.165, 1.54) is 0 Å². The lowest BCUT2D eigenvalue weighted by atomic mass is 10.2. The summed E-state index contributed by atoms with van der Waals surface area (Å²) in [6, 6.07) is 5.91. The number of halogens is 2. The predicted molar refractivity (Wildman–Crippen MR) is 90.3 cm³/mol. The molecule has 0 amide bonds. The van der Waals surface area contributed by atoms with E-state index in [2.05, 4.69) is 43.5 Å². The van der Waals surface area contributed by atoms with Crippen molar-refractivity contribution in [2.45, 2.75) is 25.7 Å². The number of rotatable bonds is 4. The highest BCUT2D eigenvalue weighted by Crippen LogP contribution is 2.43. The van der Waals surface area contributed by atoms with Crippen LogP contribution in [0.5, 0.6) is 0 Å². The van der Waals surface area contributed by atoms with Crippen LogP contribution in [0.1, 0.15) is 41.9 Å². The second kappa shape index (κ2) is 6.08. The topological polar surface area (TPSA) is 52.3 Å². The Bertz CT molecular complexity index is 694. The molecule has 1 aliphatic rings. The highest BCUT2D eigenvalue weighted by atomic mass is 127. The normalized spacial score (nSPS) is 14.2. The number of benzene rings is 1. The fraction of sp³-hybridized carbons (Fsp3) is 0.333. The lowest BCUT2D eigenvalue weighted by Crippen LogP contribution is -2.05. The van der Waals surface area contributed by atoms with E-state index in [1.807, 2.05) is 18.2 Å². The van der Waals surface area contributed by atoms with Gasteiger partial charge in [-0.05, 0) is 76.5 Å². The van der Waals surface area contributed by atoms with Gasteiger partial charge < -0.3 is 9.15 Å². The van der Waals surface area contributed by atoms with Crippen molar-refractivity contribution in [2.75, 3.05) is 6.61 Å². The average Bonchev–Trinajstić information content (AvgIpc) is 3.21. The van der Waals surface area contributed by atoms with Crippen molar-refractivity contribution in [3.05, 3.63) is 37.7 Å². The number of oxazole rings is 1. The molecule has 0 spiro atoms. The molecule has 0 N–H and O–H groups in total. The molecule has 0 saturated heterocycles. The predicted octanol–water partition coefficient (Wildman–Crippen LogP) is 4.76. The zero-order valence-electron chi connectivity index (χ0n) is 11.4. The largest absolute Gasteiger partial charge is 0.460 e. The highest BCUT2D eigenvalue weighted by molar-refractivity contribution is 14.1. The molecule has 0 aliphatic heterocycles. The van der Waals surface area contributed by atoms with Crippen LogP contribution in [0.25, 0.3) is 11.5 Å². The molecule has 0 radical (unpaired) electrons. The minimum Gasteiger partial charge on any atom is -0.460 e. The number of nitrogens with zero attached hydrogens (tertiary/aromatic N) is 1. The molecule has 0 atom stereocenters. The molecule has 1 heterocycles. The summed E-state index contributed by atoms with van der Waals surface area (Å²) in [5.41, 5.74) is 1.58. The Kier molecular flexibility index (Phi) is 4.35. The lowest BCUT2D eigenvalue weighted by molar-refractivity contribution is 0.0489. The first kappa shape index (κ1) is 15.0. The first-order valence-electron chi connectivity index (χ1n) is 6.73. The van der Waals surface area contributed by atoms with Crippen molar-refractivity contribution in [3.8, 4) is 11.5 Å². The summed E-state index contributed by atoms with van der Waals surface area (Å²) in [4.78, 5) is 16.6. The van der Waals surface area contributed by atoms with Crippen molar-refractivity contribution < 1.29 is 13.9 Å². The first-order chi connectivity index (χ1) is 10.1. The number of hydrogen-bond donors (Lipinski definition) is 0. The van der Waals surface area contributed by atoms with Crippen LogP contribution in [0.4, 0.5) is 0 Å². The van der Waals surface area contributed by atoms with Crippen LogP contribution in [-0.2, 0) is 4.74 Å². The Morgan fingerprint density at radius 1 is 1.52 bits per heavy atom. The summed E-state index contributed by atoms with van der Waals surface area (Å²) < 4.78 is 12.8. The SMILES string of the molecule is CCOC(=O)c1oc(-c2cc(I)ccc2Br)nc1C1CC1.